The molecule has 0 aliphatic rings. The zero-order valence-corrected chi connectivity index (χ0v) is 12.8. The Bertz CT molecular complexity index is 668. The monoisotopic (exact) mass is 306 g/mol. The van der Waals surface area contributed by atoms with E-state index < -0.39 is 10.9 Å². The smallest absolute Gasteiger partial charge is 0.253 e. The van der Waals surface area contributed by atoms with E-state index in [1.807, 2.05) is 19.1 Å². The number of anilines is 2. The summed E-state index contributed by atoms with van der Waals surface area (Å²) in [4.78, 5) is 23.2. The molecule has 2 aromatic rings. The minimum Gasteiger partial charge on any atom is -0.465 e. The molecule has 22 heavy (non-hydrogen) atoms. The van der Waals surface area contributed by atoms with Gasteiger partial charge in [0.1, 0.15) is 22.9 Å². The van der Waals surface area contributed by atoms with Gasteiger partial charge in [-0.3, -0.25) is 9.59 Å². The number of hydrogen-bond acceptors (Lipinski definition) is 6. The molecule has 0 aliphatic carbocycles. The summed E-state index contributed by atoms with van der Waals surface area (Å²) in [5.41, 5.74) is -0.232. The fourth-order valence-corrected chi connectivity index (χ4v) is 2.29. The van der Waals surface area contributed by atoms with Crippen molar-refractivity contribution in [3.63, 3.8) is 0 Å². The molecule has 0 radical (unpaired) electrons. The highest BCUT2D eigenvalue weighted by Gasteiger charge is 2.20. The maximum Gasteiger partial charge on any atom is 0.253 e. The summed E-state index contributed by atoms with van der Waals surface area (Å²) in [5, 5.41) is 14.7. The summed E-state index contributed by atoms with van der Waals surface area (Å²) in [6.07, 6.45) is 3.65. The summed E-state index contributed by atoms with van der Waals surface area (Å²) >= 11 is 0. The van der Waals surface area contributed by atoms with Crippen molar-refractivity contribution < 1.29 is 9.52 Å². The molecule has 1 aromatic carbocycles. The van der Waals surface area contributed by atoms with Gasteiger partial charge in [-0.1, -0.05) is 12.8 Å². The third-order valence-electron chi connectivity index (χ3n) is 3.53. The highest BCUT2D eigenvalue weighted by molar-refractivity contribution is 5.73. The highest BCUT2D eigenvalue weighted by atomic mass is 16.3. The summed E-state index contributed by atoms with van der Waals surface area (Å²) < 4.78 is 5.41. The summed E-state index contributed by atoms with van der Waals surface area (Å²) in [6.45, 7) is 3.09. The van der Waals surface area contributed by atoms with E-state index in [2.05, 4.69) is 10.6 Å². The third kappa shape index (κ3) is 3.98. The Morgan fingerprint density at radius 1 is 1.00 bits per heavy atom. The number of furan rings is 1. The number of hydrogen-bond donors (Lipinski definition) is 3. The van der Waals surface area contributed by atoms with Crippen molar-refractivity contribution in [3.05, 3.63) is 44.1 Å². The van der Waals surface area contributed by atoms with Crippen molar-refractivity contribution >= 4 is 11.4 Å². The maximum absolute atomic E-state index is 11.6. The van der Waals surface area contributed by atoms with Crippen molar-refractivity contribution in [3.8, 4) is 0 Å². The molecule has 120 valence electrons. The quantitative estimate of drug-likeness (QED) is 0.457. The molecule has 0 amide bonds. The van der Waals surface area contributed by atoms with E-state index in [0.29, 0.717) is 24.5 Å². The molecule has 0 saturated heterocycles. The fraction of sp³-hybridized carbons (Fsp3) is 0.500. The number of aliphatic hydroxyl groups is 1. The standard InChI is InChI=1S/C16H22N2O4/c1-11-6-7-12(22-11)10-18-14-13(15(20)16(14)21)17-8-4-2-3-5-9-19/h6-7,17-19H,2-5,8-10H2,1H3. The Labute approximate surface area is 128 Å². The molecule has 2 rings (SSSR count). The van der Waals surface area contributed by atoms with Gasteiger partial charge >= 0.3 is 0 Å². The lowest BCUT2D eigenvalue weighted by Gasteiger charge is -2.14. The predicted molar refractivity (Wildman–Crippen MR) is 86.2 cm³/mol. The van der Waals surface area contributed by atoms with Crippen molar-refractivity contribution in [2.45, 2.75) is 39.2 Å². The van der Waals surface area contributed by atoms with Crippen molar-refractivity contribution in [1.29, 1.82) is 0 Å². The van der Waals surface area contributed by atoms with Gasteiger partial charge in [0.25, 0.3) is 10.9 Å². The van der Waals surface area contributed by atoms with E-state index in [4.69, 9.17) is 9.52 Å². The molecule has 0 atom stereocenters. The molecular weight excluding hydrogens is 284 g/mol. The Morgan fingerprint density at radius 2 is 1.68 bits per heavy atom. The van der Waals surface area contributed by atoms with Crippen LogP contribution in [0, 0.1) is 6.92 Å². The van der Waals surface area contributed by atoms with Gasteiger partial charge in [0, 0.05) is 13.2 Å². The number of aryl methyl sites for hydroxylation is 1. The molecule has 1 aromatic heterocycles. The van der Waals surface area contributed by atoms with E-state index in [-0.39, 0.29) is 6.61 Å². The van der Waals surface area contributed by atoms with Crippen molar-refractivity contribution in [2.24, 2.45) is 0 Å². The molecule has 6 heteroatoms. The van der Waals surface area contributed by atoms with Gasteiger partial charge in [-0.05, 0) is 31.9 Å². The maximum atomic E-state index is 11.6. The first-order valence-electron chi connectivity index (χ1n) is 7.60. The molecule has 0 aliphatic heterocycles. The molecule has 0 saturated carbocycles. The molecular formula is C16H22N2O4. The zero-order chi connectivity index (χ0) is 15.9. The Kier molecular flexibility index (Phi) is 5.77. The van der Waals surface area contributed by atoms with Crippen LogP contribution in [0.4, 0.5) is 11.4 Å². The minimum absolute atomic E-state index is 0.214. The molecule has 0 unspecified atom stereocenters. The van der Waals surface area contributed by atoms with Crippen LogP contribution in [0.3, 0.4) is 0 Å². The normalized spacial score (nSPS) is 11.0. The van der Waals surface area contributed by atoms with Crippen LogP contribution in [0.1, 0.15) is 37.2 Å². The number of unbranched alkanes of at least 4 members (excludes halogenated alkanes) is 3. The minimum atomic E-state index is -0.481. The SMILES string of the molecule is Cc1ccc(CNc2c(NCCCCCCO)c(=O)c2=O)o1. The second kappa shape index (κ2) is 7.79. The number of nitrogens with one attached hydrogen (secondary N) is 2. The first kappa shape index (κ1) is 16.3. The topological polar surface area (TPSA) is 91.6 Å². The second-order valence-corrected chi connectivity index (χ2v) is 5.34. The molecule has 3 N–H and O–H groups in total. The highest BCUT2D eigenvalue weighted by Crippen LogP contribution is 2.16. The lowest BCUT2D eigenvalue weighted by Crippen LogP contribution is -2.37. The first-order valence-corrected chi connectivity index (χ1v) is 7.60. The van der Waals surface area contributed by atoms with Gasteiger partial charge in [-0.15, -0.1) is 0 Å². The molecule has 0 bridgehead atoms. The lowest BCUT2D eigenvalue weighted by molar-refractivity contribution is 0.283. The Hall–Kier alpha value is -2.08. The Balaban J connectivity index is 1.81. The second-order valence-electron chi connectivity index (χ2n) is 5.34. The van der Waals surface area contributed by atoms with Crippen LogP contribution in [-0.4, -0.2) is 18.3 Å². The lowest BCUT2D eigenvalue weighted by atomic mass is 10.1. The van der Waals surface area contributed by atoms with E-state index in [9.17, 15) is 9.59 Å². The summed E-state index contributed by atoms with van der Waals surface area (Å²) in [6, 6.07) is 3.69. The van der Waals surface area contributed by atoms with Crippen molar-refractivity contribution in [2.75, 3.05) is 23.8 Å². The average molecular weight is 306 g/mol. The van der Waals surface area contributed by atoms with Gasteiger partial charge in [-0.2, -0.15) is 0 Å². The van der Waals surface area contributed by atoms with Crippen LogP contribution >= 0.6 is 0 Å². The largest absolute Gasteiger partial charge is 0.465 e. The van der Waals surface area contributed by atoms with Gasteiger partial charge in [0.2, 0.25) is 0 Å². The van der Waals surface area contributed by atoms with Gasteiger partial charge in [0.05, 0.1) is 6.54 Å². The van der Waals surface area contributed by atoms with Gasteiger partial charge < -0.3 is 20.2 Å². The van der Waals surface area contributed by atoms with Crippen LogP contribution < -0.4 is 21.5 Å². The van der Waals surface area contributed by atoms with Gasteiger partial charge in [-0.25, -0.2) is 0 Å². The van der Waals surface area contributed by atoms with Gasteiger partial charge in [0.15, 0.2) is 0 Å². The zero-order valence-electron chi connectivity index (χ0n) is 12.8. The van der Waals surface area contributed by atoms with Crippen LogP contribution in [0.2, 0.25) is 0 Å². The van der Waals surface area contributed by atoms with E-state index in [1.165, 1.54) is 0 Å². The van der Waals surface area contributed by atoms with Crippen LogP contribution in [0.25, 0.3) is 0 Å². The van der Waals surface area contributed by atoms with Crippen LogP contribution in [0.5, 0.6) is 0 Å². The van der Waals surface area contributed by atoms with Crippen molar-refractivity contribution in [1.82, 2.24) is 0 Å². The van der Waals surface area contributed by atoms with Crippen LogP contribution in [0.15, 0.2) is 26.1 Å². The summed E-state index contributed by atoms with van der Waals surface area (Å²) in [5.74, 6) is 1.53. The molecule has 0 spiro atoms. The van der Waals surface area contributed by atoms with E-state index in [1.54, 1.807) is 0 Å². The fourth-order valence-electron chi connectivity index (χ4n) is 2.29. The number of rotatable bonds is 10. The van der Waals surface area contributed by atoms with Crippen LogP contribution in [-0.2, 0) is 6.54 Å². The first-order chi connectivity index (χ1) is 10.6. The number of aliphatic hydroxyl groups excluding tert-OH is 1. The molecule has 0 fully saturated rings. The third-order valence-corrected chi connectivity index (χ3v) is 3.53. The molecule has 1 heterocycles. The van der Waals surface area contributed by atoms with E-state index in [0.717, 1.165) is 37.2 Å². The molecule has 6 nitrogen and oxygen atoms in total. The summed E-state index contributed by atoms with van der Waals surface area (Å²) in [7, 11) is 0. The van der Waals surface area contributed by atoms with E-state index >= 15 is 0 Å². The predicted octanol–water partition coefficient (Wildman–Crippen LogP) is 1.76. The Morgan fingerprint density at radius 3 is 2.32 bits per heavy atom. The average Bonchev–Trinajstić information content (AvgIpc) is 2.93.